The van der Waals surface area contributed by atoms with Gasteiger partial charge in [0.05, 0.1) is 0 Å². The van der Waals surface area contributed by atoms with E-state index in [1.807, 2.05) is 44.2 Å². The number of benzene rings is 1. The van der Waals surface area contributed by atoms with Gasteiger partial charge in [0, 0.05) is 5.56 Å². The van der Waals surface area contributed by atoms with Gasteiger partial charge in [0.15, 0.2) is 0 Å². The zero-order valence-electron chi connectivity index (χ0n) is 13.0. The van der Waals surface area contributed by atoms with E-state index in [4.69, 9.17) is 5.11 Å². The van der Waals surface area contributed by atoms with E-state index in [0.717, 1.165) is 10.4 Å². The van der Waals surface area contributed by atoms with Gasteiger partial charge in [0.2, 0.25) is 11.7 Å². The predicted octanol–water partition coefficient (Wildman–Crippen LogP) is 0.956. The minimum Gasteiger partial charge on any atom is -0.480 e. The summed E-state index contributed by atoms with van der Waals surface area (Å²) in [7, 11) is 0. The number of carbonyl (C=O) groups is 2. The Balaban J connectivity index is 1.98. The summed E-state index contributed by atoms with van der Waals surface area (Å²) < 4.78 is 0. The van der Waals surface area contributed by atoms with Gasteiger partial charge in [-0.2, -0.15) is 4.80 Å². The monoisotopic (exact) mass is 317 g/mol. The van der Waals surface area contributed by atoms with Crippen LogP contribution in [0.5, 0.6) is 0 Å². The number of tetrazole rings is 1. The summed E-state index contributed by atoms with van der Waals surface area (Å²) >= 11 is 0. The molecular weight excluding hydrogens is 298 g/mol. The first kappa shape index (κ1) is 16.6. The van der Waals surface area contributed by atoms with Gasteiger partial charge in [-0.1, -0.05) is 44.2 Å². The Kier molecular flexibility index (Phi) is 5.40. The van der Waals surface area contributed by atoms with Gasteiger partial charge in [-0.3, -0.25) is 4.79 Å². The van der Waals surface area contributed by atoms with Crippen LogP contribution in [0.1, 0.15) is 20.3 Å². The molecule has 0 aliphatic heterocycles. The highest BCUT2D eigenvalue weighted by Crippen LogP contribution is 2.11. The second-order valence-electron chi connectivity index (χ2n) is 5.60. The Morgan fingerprint density at radius 1 is 1.26 bits per heavy atom. The molecule has 2 rings (SSSR count). The third-order valence-electron chi connectivity index (χ3n) is 3.11. The van der Waals surface area contributed by atoms with Gasteiger partial charge in [0.25, 0.3) is 0 Å². The number of carbonyl (C=O) groups excluding carboxylic acids is 1. The van der Waals surface area contributed by atoms with Crippen molar-refractivity contribution in [1.82, 2.24) is 25.5 Å². The fraction of sp³-hybridized carbons (Fsp3) is 0.400. The maximum atomic E-state index is 12.0. The van der Waals surface area contributed by atoms with E-state index < -0.39 is 17.9 Å². The van der Waals surface area contributed by atoms with E-state index in [1.165, 1.54) is 0 Å². The van der Waals surface area contributed by atoms with Crippen LogP contribution in [0.3, 0.4) is 0 Å². The highest BCUT2D eigenvalue weighted by molar-refractivity contribution is 5.83. The lowest BCUT2D eigenvalue weighted by molar-refractivity contribution is -0.142. The summed E-state index contributed by atoms with van der Waals surface area (Å²) in [5.41, 5.74) is 0.794. The van der Waals surface area contributed by atoms with Gasteiger partial charge < -0.3 is 10.4 Å². The predicted molar refractivity (Wildman–Crippen MR) is 82.3 cm³/mol. The number of aliphatic carboxylic acids is 1. The first-order chi connectivity index (χ1) is 11.0. The van der Waals surface area contributed by atoms with Crippen molar-refractivity contribution in [2.75, 3.05) is 0 Å². The van der Waals surface area contributed by atoms with E-state index in [2.05, 4.69) is 20.7 Å². The van der Waals surface area contributed by atoms with Crippen LogP contribution in [0.15, 0.2) is 30.3 Å². The number of hydrogen-bond acceptors (Lipinski definition) is 5. The molecule has 0 saturated carbocycles. The highest BCUT2D eigenvalue weighted by atomic mass is 16.4. The number of nitrogens with zero attached hydrogens (tertiary/aromatic N) is 4. The Morgan fingerprint density at radius 2 is 1.96 bits per heavy atom. The van der Waals surface area contributed by atoms with Crippen molar-refractivity contribution < 1.29 is 14.7 Å². The van der Waals surface area contributed by atoms with E-state index >= 15 is 0 Å². The average molecular weight is 317 g/mol. The molecular formula is C15H19N5O3. The van der Waals surface area contributed by atoms with Gasteiger partial charge in [-0.15, -0.1) is 10.2 Å². The standard InChI is InChI=1S/C15H19N5O3/c1-10(2)8-12(15(22)23)16-13(21)9-20-18-14(17-19-20)11-6-4-3-5-7-11/h3-7,10,12H,8-9H2,1-2H3,(H,16,21)(H,22,23)/t12-/m1/s1. The summed E-state index contributed by atoms with van der Waals surface area (Å²) in [6, 6.07) is 8.34. The van der Waals surface area contributed by atoms with Crippen LogP contribution in [-0.4, -0.2) is 43.2 Å². The molecule has 1 amide bonds. The van der Waals surface area contributed by atoms with E-state index in [0.29, 0.717) is 12.2 Å². The molecule has 23 heavy (non-hydrogen) atoms. The number of hydrogen-bond donors (Lipinski definition) is 2. The molecule has 122 valence electrons. The normalized spacial score (nSPS) is 12.1. The Hall–Kier alpha value is -2.77. The third kappa shape index (κ3) is 4.87. The maximum absolute atomic E-state index is 12.0. The molecule has 0 saturated heterocycles. The zero-order chi connectivity index (χ0) is 16.8. The largest absolute Gasteiger partial charge is 0.480 e. The van der Waals surface area contributed by atoms with Crippen molar-refractivity contribution in [3.05, 3.63) is 30.3 Å². The van der Waals surface area contributed by atoms with E-state index in [-0.39, 0.29) is 12.5 Å². The van der Waals surface area contributed by atoms with Crippen molar-refractivity contribution in [2.24, 2.45) is 5.92 Å². The molecule has 1 atom stereocenters. The number of nitrogens with one attached hydrogen (secondary N) is 1. The summed E-state index contributed by atoms with van der Waals surface area (Å²) in [6.07, 6.45) is 0.362. The number of carboxylic acids is 1. The van der Waals surface area contributed by atoms with Gasteiger partial charge >= 0.3 is 5.97 Å². The summed E-state index contributed by atoms with van der Waals surface area (Å²) in [5, 5.41) is 23.4. The molecule has 0 fully saturated rings. The average Bonchev–Trinajstić information content (AvgIpc) is 2.95. The fourth-order valence-corrected chi connectivity index (χ4v) is 2.07. The molecule has 0 bridgehead atoms. The number of rotatable bonds is 7. The van der Waals surface area contributed by atoms with Crippen LogP contribution < -0.4 is 5.32 Å². The maximum Gasteiger partial charge on any atom is 0.326 e. The molecule has 1 aromatic carbocycles. The summed E-state index contributed by atoms with van der Waals surface area (Å²) in [4.78, 5) is 24.2. The van der Waals surface area contributed by atoms with E-state index in [9.17, 15) is 9.59 Å². The van der Waals surface area contributed by atoms with Crippen molar-refractivity contribution in [3.8, 4) is 11.4 Å². The molecule has 8 nitrogen and oxygen atoms in total. The lowest BCUT2D eigenvalue weighted by Crippen LogP contribution is -2.43. The van der Waals surface area contributed by atoms with Crippen molar-refractivity contribution in [2.45, 2.75) is 32.9 Å². The van der Waals surface area contributed by atoms with E-state index in [1.54, 1.807) is 0 Å². The zero-order valence-corrected chi connectivity index (χ0v) is 13.0. The van der Waals surface area contributed by atoms with Crippen LogP contribution in [0.25, 0.3) is 11.4 Å². The first-order valence-corrected chi connectivity index (χ1v) is 7.31. The fourth-order valence-electron chi connectivity index (χ4n) is 2.07. The van der Waals surface area contributed by atoms with Crippen LogP contribution in [-0.2, 0) is 16.1 Å². The minimum absolute atomic E-state index is 0.158. The van der Waals surface area contributed by atoms with Crippen LogP contribution in [0.4, 0.5) is 0 Å². The minimum atomic E-state index is -1.05. The van der Waals surface area contributed by atoms with Crippen molar-refractivity contribution in [3.63, 3.8) is 0 Å². The molecule has 0 radical (unpaired) electrons. The molecule has 2 N–H and O–H groups in total. The lowest BCUT2D eigenvalue weighted by Gasteiger charge is -2.16. The molecule has 0 spiro atoms. The van der Waals surface area contributed by atoms with Crippen LogP contribution in [0.2, 0.25) is 0 Å². The quantitative estimate of drug-likeness (QED) is 0.787. The second kappa shape index (κ2) is 7.48. The highest BCUT2D eigenvalue weighted by Gasteiger charge is 2.21. The number of carboxylic acid groups (broad SMARTS) is 1. The molecule has 0 unspecified atom stereocenters. The molecule has 8 heteroatoms. The Bertz CT molecular complexity index is 669. The molecule has 1 aromatic heterocycles. The summed E-state index contributed by atoms with van der Waals surface area (Å²) in [6.45, 7) is 3.61. The SMILES string of the molecule is CC(C)C[C@@H](NC(=O)Cn1nnc(-c2ccccc2)n1)C(=O)O. The van der Waals surface area contributed by atoms with Crippen molar-refractivity contribution >= 4 is 11.9 Å². The Labute approximate surface area is 133 Å². The smallest absolute Gasteiger partial charge is 0.326 e. The summed E-state index contributed by atoms with van der Waals surface area (Å²) in [5.74, 6) is -0.945. The third-order valence-corrected chi connectivity index (χ3v) is 3.11. The van der Waals surface area contributed by atoms with Crippen molar-refractivity contribution in [1.29, 1.82) is 0 Å². The van der Waals surface area contributed by atoms with Crippen LogP contribution in [0, 0.1) is 5.92 Å². The molecule has 1 heterocycles. The lowest BCUT2D eigenvalue weighted by atomic mass is 10.0. The molecule has 2 aromatic rings. The van der Waals surface area contributed by atoms with Gasteiger partial charge in [-0.25, -0.2) is 4.79 Å². The van der Waals surface area contributed by atoms with Crippen LogP contribution >= 0.6 is 0 Å². The second-order valence-corrected chi connectivity index (χ2v) is 5.60. The Morgan fingerprint density at radius 3 is 2.57 bits per heavy atom. The number of amides is 1. The number of aromatic nitrogens is 4. The van der Waals surface area contributed by atoms with Gasteiger partial charge in [0.1, 0.15) is 12.6 Å². The molecule has 0 aliphatic carbocycles. The topological polar surface area (TPSA) is 110 Å². The molecule has 0 aliphatic rings. The van der Waals surface area contributed by atoms with Gasteiger partial charge in [-0.05, 0) is 17.6 Å². The first-order valence-electron chi connectivity index (χ1n) is 7.31.